The molecule has 0 radical (unpaired) electrons. The third-order valence-corrected chi connectivity index (χ3v) is 3.67. The largest absolute Gasteiger partial charge is 0.313 e. The Morgan fingerprint density at radius 3 is 2.60 bits per heavy atom. The van der Waals surface area contributed by atoms with Crippen LogP contribution in [-0.4, -0.2) is 12.0 Å². The van der Waals surface area contributed by atoms with Gasteiger partial charge in [-0.2, -0.15) is 0 Å². The van der Waals surface area contributed by atoms with Crippen LogP contribution in [-0.2, 0) is 6.42 Å². The number of aryl methyl sites for hydroxylation is 1. The fraction of sp³-hybridized carbons (Fsp3) is 0.267. The summed E-state index contributed by atoms with van der Waals surface area (Å²) in [6.45, 7) is 1.63. The second-order valence-corrected chi connectivity index (χ2v) is 5.55. The topological polar surface area (TPSA) is 24.9 Å². The van der Waals surface area contributed by atoms with Gasteiger partial charge in [0, 0.05) is 40.5 Å². The van der Waals surface area contributed by atoms with Crippen LogP contribution in [0.25, 0.3) is 0 Å². The number of nitrogens with zero attached hydrogens (tertiary/aromatic N) is 1. The van der Waals surface area contributed by atoms with Crippen molar-refractivity contribution in [3.8, 4) is 0 Å². The summed E-state index contributed by atoms with van der Waals surface area (Å²) in [4.78, 5) is 4.28. The van der Waals surface area contributed by atoms with E-state index in [1.54, 1.807) is 26.2 Å². The molecule has 0 saturated heterocycles. The Morgan fingerprint density at radius 1 is 1.25 bits per heavy atom. The Morgan fingerprint density at radius 2 is 2.00 bits per heavy atom. The summed E-state index contributed by atoms with van der Waals surface area (Å²) in [5.41, 5.74) is 1.73. The molecular weight excluding hydrogens is 326 g/mol. The molecule has 0 fully saturated rings. The van der Waals surface area contributed by atoms with Gasteiger partial charge < -0.3 is 5.32 Å². The molecule has 0 amide bonds. The number of benzene rings is 1. The van der Waals surface area contributed by atoms with Crippen LogP contribution in [0.1, 0.15) is 22.9 Å². The zero-order valence-electron chi connectivity index (χ0n) is 11.3. The number of nitrogens with one attached hydrogen (secondary N) is 1. The van der Waals surface area contributed by atoms with Crippen molar-refractivity contribution in [1.29, 1.82) is 0 Å². The van der Waals surface area contributed by atoms with Crippen molar-refractivity contribution in [2.45, 2.75) is 19.4 Å². The van der Waals surface area contributed by atoms with Crippen molar-refractivity contribution in [3.63, 3.8) is 0 Å². The second kappa shape index (κ2) is 6.41. The molecule has 0 aliphatic rings. The van der Waals surface area contributed by atoms with Gasteiger partial charge in [-0.15, -0.1) is 0 Å². The molecule has 2 rings (SSSR count). The van der Waals surface area contributed by atoms with Crippen molar-refractivity contribution in [3.05, 3.63) is 63.4 Å². The van der Waals surface area contributed by atoms with E-state index in [-0.39, 0.29) is 6.04 Å². The molecule has 1 aromatic carbocycles. The first-order valence-electron chi connectivity index (χ1n) is 6.24. The minimum Gasteiger partial charge on any atom is -0.313 e. The first kappa shape index (κ1) is 15.1. The van der Waals surface area contributed by atoms with Gasteiger partial charge in [-0.25, -0.2) is 8.78 Å². The van der Waals surface area contributed by atoms with Crippen molar-refractivity contribution in [2.24, 2.45) is 0 Å². The van der Waals surface area contributed by atoms with Crippen LogP contribution in [0.4, 0.5) is 8.78 Å². The molecule has 1 atom stereocenters. The van der Waals surface area contributed by atoms with E-state index in [1.165, 1.54) is 0 Å². The van der Waals surface area contributed by atoms with E-state index in [1.807, 2.05) is 12.1 Å². The van der Waals surface area contributed by atoms with Crippen LogP contribution in [0.15, 0.2) is 34.9 Å². The fourth-order valence-electron chi connectivity index (χ4n) is 2.05. The van der Waals surface area contributed by atoms with E-state index < -0.39 is 11.6 Å². The molecule has 1 unspecified atom stereocenters. The summed E-state index contributed by atoms with van der Waals surface area (Å²) < 4.78 is 28.1. The van der Waals surface area contributed by atoms with E-state index in [2.05, 4.69) is 26.2 Å². The summed E-state index contributed by atoms with van der Waals surface area (Å²) in [6, 6.07) is 6.00. The molecule has 0 aliphatic heterocycles. The quantitative estimate of drug-likeness (QED) is 0.911. The molecule has 1 heterocycles. The lowest BCUT2D eigenvalue weighted by Crippen LogP contribution is -2.21. The maximum absolute atomic E-state index is 13.9. The van der Waals surface area contributed by atoms with Gasteiger partial charge in [0.25, 0.3) is 0 Å². The molecule has 1 N–H and O–H groups in total. The Labute approximate surface area is 125 Å². The van der Waals surface area contributed by atoms with Crippen LogP contribution < -0.4 is 5.32 Å². The third-order valence-electron chi connectivity index (χ3n) is 3.20. The summed E-state index contributed by atoms with van der Waals surface area (Å²) in [7, 11) is 1.75. The van der Waals surface area contributed by atoms with Crippen LogP contribution in [0.2, 0.25) is 0 Å². The lowest BCUT2D eigenvalue weighted by molar-refractivity contribution is 0.516. The van der Waals surface area contributed by atoms with Crippen molar-refractivity contribution < 1.29 is 8.78 Å². The number of hydrogen-bond acceptors (Lipinski definition) is 2. The number of pyridine rings is 1. The fourth-order valence-corrected chi connectivity index (χ4v) is 2.28. The van der Waals surface area contributed by atoms with Crippen LogP contribution >= 0.6 is 15.9 Å². The first-order chi connectivity index (χ1) is 9.51. The Kier molecular flexibility index (Phi) is 4.83. The van der Waals surface area contributed by atoms with E-state index in [4.69, 9.17) is 0 Å². The molecule has 2 aromatic rings. The van der Waals surface area contributed by atoms with Gasteiger partial charge in [0.05, 0.1) is 0 Å². The molecule has 0 aliphatic carbocycles. The number of rotatable bonds is 4. The van der Waals surface area contributed by atoms with Gasteiger partial charge in [-0.1, -0.05) is 0 Å². The van der Waals surface area contributed by atoms with Gasteiger partial charge in [-0.3, -0.25) is 4.98 Å². The van der Waals surface area contributed by atoms with E-state index in [9.17, 15) is 8.78 Å². The highest BCUT2D eigenvalue weighted by atomic mass is 79.9. The molecule has 2 nitrogen and oxygen atoms in total. The van der Waals surface area contributed by atoms with Gasteiger partial charge in [-0.05, 0) is 53.7 Å². The van der Waals surface area contributed by atoms with E-state index in [0.29, 0.717) is 17.5 Å². The SMILES string of the molecule is CNC(Cc1ccc(Br)cn1)c1cc(C)c(F)cc1F. The second-order valence-electron chi connectivity index (χ2n) is 4.64. The summed E-state index contributed by atoms with van der Waals surface area (Å²) in [5, 5.41) is 3.05. The van der Waals surface area contributed by atoms with E-state index >= 15 is 0 Å². The Hall–Kier alpha value is -1.33. The average molecular weight is 341 g/mol. The standard InChI is InChI=1S/C15H15BrF2N2/c1-9-5-12(14(18)7-13(9)17)15(19-2)6-11-4-3-10(16)8-20-11/h3-5,7-8,15,19H,6H2,1-2H3. The predicted molar refractivity (Wildman–Crippen MR) is 78.5 cm³/mol. The zero-order valence-corrected chi connectivity index (χ0v) is 12.8. The van der Waals surface area contributed by atoms with Gasteiger partial charge >= 0.3 is 0 Å². The minimum atomic E-state index is -0.537. The Balaban J connectivity index is 2.28. The normalized spacial score (nSPS) is 12.4. The maximum Gasteiger partial charge on any atom is 0.130 e. The Bertz CT molecular complexity index is 600. The van der Waals surface area contributed by atoms with Crippen LogP contribution in [0.5, 0.6) is 0 Å². The minimum absolute atomic E-state index is 0.247. The average Bonchev–Trinajstić information content (AvgIpc) is 2.43. The smallest absolute Gasteiger partial charge is 0.130 e. The number of aromatic nitrogens is 1. The van der Waals surface area contributed by atoms with Gasteiger partial charge in [0.15, 0.2) is 0 Å². The monoisotopic (exact) mass is 340 g/mol. The molecule has 1 aromatic heterocycles. The van der Waals surface area contributed by atoms with Crippen LogP contribution in [0.3, 0.4) is 0 Å². The molecule has 20 heavy (non-hydrogen) atoms. The van der Waals surface area contributed by atoms with E-state index in [0.717, 1.165) is 16.2 Å². The highest BCUT2D eigenvalue weighted by molar-refractivity contribution is 9.10. The summed E-state index contributed by atoms with van der Waals surface area (Å²) >= 11 is 3.32. The lowest BCUT2D eigenvalue weighted by Gasteiger charge is -2.18. The van der Waals surface area contributed by atoms with Crippen LogP contribution in [0, 0.1) is 18.6 Å². The molecule has 0 bridgehead atoms. The number of likely N-dealkylation sites (N-methyl/N-ethyl adjacent to an activating group) is 1. The maximum atomic E-state index is 13.9. The van der Waals surface area contributed by atoms with Gasteiger partial charge in [0.1, 0.15) is 11.6 Å². The van der Waals surface area contributed by atoms with Crippen molar-refractivity contribution in [1.82, 2.24) is 10.3 Å². The molecule has 0 spiro atoms. The third kappa shape index (κ3) is 3.41. The molecule has 106 valence electrons. The van der Waals surface area contributed by atoms with Crippen molar-refractivity contribution in [2.75, 3.05) is 7.05 Å². The van der Waals surface area contributed by atoms with Gasteiger partial charge in [0.2, 0.25) is 0 Å². The molecule has 5 heteroatoms. The molecule has 0 saturated carbocycles. The summed E-state index contributed by atoms with van der Waals surface area (Å²) in [6.07, 6.45) is 2.24. The predicted octanol–water partition coefficient (Wildman–Crippen LogP) is 3.93. The highest BCUT2D eigenvalue weighted by Crippen LogP contribution is 2.23. The summed E-state index contributed by atoms with van der Waals surface area (Å²) in [5.74, 6) is -1.06. The molecular formula is C15H15BrF2N2. The van der Waals surface area contributed by atoms with Crippen molar-refractivity contribution >= 4 is 15.9 Å². The first-order valence-corrected chi connectivity index (χ1v) is 7.03. The number of halogens is 3. The zero-order chi connectivity index (χ0) is 14.7. The lowest BCUT2D eigenvalue weighted by atomic mass is 9.99. The highest BCUT2D eigenvalue weighted by Gasteiger charge is 2.17. The number of hydrogen-bond donors (Lipinski definition) is 1.